The molecule has 0 aliphatic heterocycles. The molecule has 2 nitrogen and oxygen atoms in total. The van der Waals surface area contributed by atoms with Gasteiger partial charge >= 0.3 is 0 Å². The summed E-state index contributed by atoms with van der Waals surface area (Å²) < 4.78 is 0. The van der Waals surface area contributed by atoms with Crippen LogP contribution in [0.3, 0.4) is 0 Å². The highest BCUT2D eigenvalue weighted by Gasteiger charge is 2.12. The number of aryl methyl sites for hydroxylation is 1. The van der Waals surface area contributed by atoms with E-state index in [0.29, 0.717) is 0 Å². The van der Waals surface area contributed by atoms with E-state index < -0.39 is 0 Å². The van der Waals surface area contributed by atoms with Crippen LogP contribution in [0.25, 0.3) is 5.57 Å². The largest absolute Gasteiger partial charge is 0.326 e. The molecule has 0 heterocycles. The smallest absolute Gasteiger partial charge is 0.221 e. The number of rotatable bonds is 2. The molecule has 0 saturated heterocycles. The topological polar surface area (TPSA) is 29.1 Å². The number of anilines is 1. The lowest BCUT2D eigenvalue weighted by molar-refractivity contribution is -0.114. The van der Waals surface area contributed by atoms with Crippen molar-refractivity contribution in [3.8, 4) is 0 Å². The Balaban J connectivity index is 2.39. The second-order valence-corrected chi connectivity index (χ2v) is 4.35. The molecule has 0 unspecified atom stereocenters. The number of benzene rings is 1. The zero-order valence-electron chi connectivity index (χ0n) is 9.84. The molecule has 0 saturated carbocycles. The summed E-state index contributed by atoms with van der Waals surface area (Å²) in [6.07, 6.45) is 5.78. The van der Waals surface area contributed by atoms with Gasteiger partial charge in [0.15, 0.2) is 0 Å². The van der Waals surface area contributed by atoms with Gasteiger partial charge in [-0.15, -0.1) is 0 Å². The highest BCUT2D eigenvalue weighted by molar-refractivity contribution is 5.93. The van der Waals surface area contributed by atoms with Gasteiger partial charge in [0.1, 0.15) is 0 Å². The molecule has 0 radical (unpaired) electrons. The standard InChI is InChI=1S/C14H17NO/c1-10-7-8-14(15-11(2)16)13(9-10)12-5-3-4-6-12/h5,7-9H,3-4,6H2,1-2H3,(H,15,16). The molecular weight excluding hydrogens is 198 g/mol. The van der Waals surface area contributed by atoms with Gasteiger partial charge in [-0.05, 0) is 43.9 Å². The third-order valence-electron chi connectivity index (χ3n) is 2.87. The monoisotopic (exact) mass is 215 g/mol. The summed E-state index contributed by atoms with van der Waals surface area (Å²) in [5.74, 6) is -0.0105. The molecule has 1 aliphatic rings. The van der Waals surface area contributed by atoms with Crippen molar-refractivity contribution in [2.75, 3.05) is 5.32 Å². The van der Waals surface area contributed by atoms with E-state index >= 15 is 0 Å². The normalized spacial score (nSPS) is 14.8. The molecular formula is C14H17NO. The van der Waals surface area contributed by atoms with Gasteiger partial charge in [0, 0.05) is 18.2 Å². The summed E-state index contributed by atoms with van der Waals surface area (Å²) in [5.41, 5.74) is 4.73. The predicted molar refractivity (Wildman–Crippen MR) is 67.3 cm³/mol. The Morgan fingerprint density at radius 2 is 2.19 bits per heavy atom. The maximum atomic E-state index is 11.1. The number of nitrogens with one attached hydrogen (secondary N) is 1. The second kappa shape index (κ2) is 4.52. The van der Waals surface area contributed by atoms with E-state index in [0.717, 1.165) is 18.5 Å². The van der Waals surface area contributed by atoms with Gasteiger partial charge in [0.05, 0.1) is 0 Å². The van der Waals surface area contributed by atoms with E-state index in [1.165, 1.54) is 23.1 Å². The molecule has 16 heavy (non-hydrogen) atoms. The quantitative estimate of drug-likeness (QED) is 0.803. The number of amides is 1. The Bertz CT molecular complexity index is 446. The van der Waals surface area contributed by atoms with Crippen molar-refractivity contribution in [2.45, 2.75) is 33.1 Å². The SMILES string of the molecule is CC(=O)Nc1ccc(C)cc1C1=CCCC1. The molecule has 1 aromatic carbocycles. The average molecular weight is 215 g/mol. The zero-order chi connectivity index (χ0) is 11.5. The molecule has 0 atom stereocenters. The third-order valence-corrected chi connectivity index (χ3v) is 2.87. The number of carbonyl (C=O) groups is 1. The summed E-state index contributed by atoms with van der Waals surface area (Å²) in [5, 5.41) is 2.90. The first-order valence-corrected chi connectivity index (χ1v) is 5.74. The Labute approximate surface area is 96.4 Å². The van der Waals surface area contributed by atoms with E-state index in [-0.39, 0.29) is 5.91 Å². The van der Waals surface area contributed by atoms with E-state index in [2.05, 4.69) is 24.4 Å². The fourth-order valence-corrected chi connectivity index (χ4v) is 2.14. The first-order chi connectivity index (χ1) is 7.66. The van der Waals surface area contributed by atoms with Gasteiger partial charge in [0.25, 0.3) is 0 Å². The average Bonchev–Trinajstić information content (AvgIpc) is 2.73. The van der Waals surface area contributed by atoms with Gasteiger partial charge in [-0.1, -0.05) is 17.7 Å². The fraction of sp³-hybridized carbons (Fsp3) is 0.357. The van der Waals surface area contributed by atoms with Crippen molar-refractivity contribution < 1.29 is 4.79 Å². The van der Waals surface area contributed by atoms with Gasteiger partial charge in [-0.3, -0.25) is 4.79 Å². The number of hydrogen-bond donors (Lipinski definition) is 1. The van der Waals surface area contributed by atoms with Crippen LogP contribution in [0, 0.1) is 6.92 Å². The highest BCUT2D eigenvalue weighted by Crippen LogP contribution is 2.33. The lowest BCUT2D eigenvalue weighted by atomic mass is 10.0. The van der Waals surface area contributed by atoms with Crippen molar-refractivity contribution in [1.82, 2.24) is 0 Å². The van der Waals surface area contributed by atoms with Crippen molar-refractivity contribution in [2.24, 2.45) is 0 Å². The molecule has 84 valence electrons. The van der Waals surface area contributed by atoms with Gasteiger partial charge in [0.2, 0.25) is 5.91 Å². The van der Waals surface area contributed by atoms with E-state index in [9.17, 15) is 4.79 Å². The molecule has 1 aliphatic carbocycles. The Kier molecular flexibility index (Phi) is 3.09. The number of hydrogen-bond acceptors (Lipinski definition) is 1. The third kappa shape index (κ3) is 2.32. The summed E-state index contributed by atoms with van der Waals surface area (Å²) in [7, 11) is 0. The number of allylic oxidation sites excluding steroid dienone is 2. The molecule has 1 amide bonds. The summed E-state index contributed by atoms with van der Waals surface area (Å²) >= 11 is 0. The predicted octanol–water partition coefficient (Wildman–Crippen LogP) is 3.52. The summed E-state index contributed by atoms with van der Waals surface area (Å²) in [6.45, 7) is 3.63. The second-order valence-electron chi connectivity index (χ2n) is 4.35. The van der Waals surface area contributed by atoms with Crippen LogP contribution in [0.5, 0.6) is 0 Å². The van der Waals surface area contributed by atoms with E-state index in [1.54, 1.807) is 6.92 Å². The summed E-state index contributed by atoms with van der Waals surface area (Å²) in [4.78, 5) is 11.1. The van der Waals surface area contributed by atoms with Crippen molar-refractivity contribution in [1.29, 1.82) is 0 Å². The fourth-order valence-electron chi connectivity index (χ4n) is 2.14. The minimum atomic E-state index is -0.0105. The molecule has 1 aromatic rings. The first-order valence-electron chi connectivity index (χ1n) is 5.74. The van der Waals surface area contributed by atoms with Gasteiger partial charge in [-0.2, -0.15) is 0 Å². The molecule has 2 rings (SSSR count). The van der Waals surface area contributed by atoms with E-state index in [1.807, 2.05) is 12.1 Å². The molecule has 0 fully saturated rings. The number of carbonyl (C=O) groups excluding carboxylic acids is 1. The van der Waals surface area contributed by atoms with Crippen LogP contribution in [-0.4, -0.2) is 5.91 Å². The Morgan fingerprint density at radius 1 is 1.38 bits per heavy atom. The zero-order valence-corrected chi connectivity index (χ0v) is 9.84. The lowest BCUT2D eigenvalue weighted by Gasteiger charge is -2.11. The van der Waals surface area contributed by atoms with Gasteiger partial charge in [-0.25, -0.2) is 0 Å². The van der Waals surface area contributed by atoms with Crippen LogP contribution in [-0.2, 0) is 4.79 Å². The maximum Gasteiger partial charge on any atom is 0.221 e. The van der Waals surface area contributed by atoms with Crippen molar-refractivity contribution in [3.63, 3.8) is 0 Å². The van der Waals surface area contributed by atoms with E-state index in [4.69, 9.17) is 0 Å². The van der Waals surface area contributed by atoms with Crippen LogP contribution < -0.4 is 5.32 Å². The van der Waals surface area contributed by atoms with Crippen molar-refractivity contribution in [3.05, 3.63) is 35.4 Å². The van der Waals surface area contributed by atoms with Crippen LogP contribution in [0.1, 0.15) is 37.3 Å². The molecule has 0 aromatic heterocycles. The van der Waals surface area contributed by atoms with Gasteiger partial charge < -0.3 is 5.32 Å². The van der Waals surface area contributed by atoms with Crippen LogP contribution in [0.2, 0.25) is 0 Å². The van der Waals surface area contributed by atoms with Crippen LogP contribution in [0.4, 0.5) is 5.69 Å². The first kappa shape index (κ1) is 10.9. The summed E-state index contributed by atoms with van der Waals surface area (Å²) in [6, 6.07) is 6.18. The minimum absolute atomic E-state index is 0.0105. The van der Waals surface area contributed by atoms with Crippen molar-refractivity contribution >= 4 is 17.2 Å². The maximum absolute atomic E-state index is 11.1. The molecule has 2 heteroatoms. The highest BCUT2D eigenvalue weighted by atomic mass is 16.1. The molecule has 0 bridgehead atoms. The van der Waals surface area contributed by atoms with Crippen LogP contribution >= 0.6 is 0 Å². The molecule has 1 N–H and O–H groups in total. The Hall–Kier alpha value is -1.57. The minimum Gasteiger partial charge on any atom is -0.326 e. The lowest BCUT2D eigenvalue weighted by Crippen LogP contribution is -2.07. The Morgan fingerprint density at radius 3 is 2.81 bits per heavy atom. The molecule has 0 spiro atoms. The van der Waals surface area contributed by atoms with Crippen LogP contribution in [0.15, 0.2) is 24.3 Å².